The molecule has 0 aromatic carbocycles. The fraction of sp³-hybridized carbons (Fsp3) is 0.600. The number of aryl methyl sites for hydroxylation is 1. The molecule has 0 bridgehead atoms. The molecular formula is C10H15N3O2S. The number of hydrogen-bond donors (Lipinski definition) is 1. The maximum atomic E-state index is 11.8. The Balaban J connectivity index is 1.83. The second-order valence-electron chi connectivity index (χ2n) is 3.74. The summed E-state index contributed by atoms with van der Waals surface area (Å²) in [6.45, 7) is 3.77. The molecule has 88 valence electrons. The Bertz CT molecular complexity index is 406. The maximum absolute atomic E-state index is 11.8. The first-order valence-corrected chi connectivity index (χ1v) is 6.28. The van der Waals surface area contributed by atoms with Crippen molar-refractivity contribution in [2.45, 2.75) is 13.0 Å². The molecule has 16 heavy (non-hydrogen) atoms. The van der Waals surface area contributed by atoms with E-state index in [9.17, 15) is 9.59 Å². The van der Waals surface area contributed by atoms with Gasteiger partial charge in [0, 0.05) is 50.7 Å². The molecule has 1 aliphatic rings. The summed E-state index contributed by atoms with van der Waals surface area (Å²) < 4.78 is 1.59. The van der Waals surface area contributed by atoms with Crippen molar-refractivity contribution in [1.29, 1.82) is 0 Å². The van der Waals surface area contributed by atoms with E-state index in [0.29, 0.717) is 13.0 Å². The summed E-state index contributed by atoms with van der Waals surface area (Å²) in [5.41, 5.74) is 0. The molecule has 0 unspecified atom stereocenters. The molecular weight excluding hydrogens is 226 g/mol. The number of nitrogens with one attached hydrogen (secondary N) is 1. The van der Waals surface area contributed by atoms with E-state index in [4.69, 9.17) is 0 Å². The minimum atomic E-state index is 0.00751. The van der Waals surface area contributed by atoms with E-state index in [1.54, 1.807) is 16.1 Å². The van der Waals surface area contributed by atoms with Crippen molar-refractivity contribution in [2.75, 3.05) is 26.2 Å². The van der Waals surface area contributed by atoms with E-state index < -0.39 is 0 Å². The topological polar surface area (TPSA) is 54.3 Å². The molecule has 2 rings (SSSR count). The summed E-state index contributed by atoms with van der Waals surface area (Å²) in [5, 5.41) is 4.95. The lowest BCUT2D eigenvalue weighted by molar-refractivity contribution is -0.132. The normalized spacial score (nSPS) is 16.4. The van der Waals surface area contributed by atoms with Crippen LogP contribution >= 0.6 is 11.3 Å². The molecule has 0 aliphatic carbocycles. The quantitative estimate of drug-likeness (QED) is 0.792. The van der Waals surface area contributed by atoms with Gasteiger partial charge in [0.2, 0.25) is 5.91 Å². The average molecular weight is 241 g/mol. The van der Waals surface area contributed by atoms with Crippen LogP contribution in [0.5, 0.6) is 0 Å². The summed E-state index contributed by atoms with van der Waals surface area (Å²) in [5.74, 6) is 0.139. The predicted octanol–water partition coefficient (Wildman–Crippen LogP) is -0.268. The van der Waals surface area contributed by atoms with Gasteiger partial charge in [0.25, 0.3) is 0 Å². The molecule has 1 aliphatic heterocycles. The zero-order valence-corrected chi connectivity index (χ0v) is 9.83. The molecule has 5 nitrogen and oxygen atoms in total. The van der Waals surface area contributed by atoms with Crippen LogP contribution < -0.4 is 10.2 Å². The second kappa shape index (κ2) is 5.27. The van der Waals surface area contributed by atoms with Gasteiger partial charge in [-0.3, -0.25) is 9.59 Å². The van der Waals surface area contributed by atoms with Crippen LogP contribution in [0.15, 0.2) is 16.4 Å². The maximum Gasteiger partial charge on any atom is 0.307 e. The van der Waals surface area contributed by atoms with Crippen LogP contribution in [0.3, 0.4) is 0 Å². The van der Waals surface area contributed by atoms with Crippen molar-refractivity contribution < 1.29 is 4.79 Å². The molecule has 6 heteroatoms. The van der Waals surface area contributed by atoms with Gasteiger partial charge < -0.3 is 14.8 Å². The standard InChI is InChI=1S/C10H15N3O2S/c14-9(12-5-2-11-3-6-12)1-4-13-7-8-16-10(13)15/h7-8,11H,1-6H2. The van der Waals surface area contributed by atoms with E-state index >= 15 is 0 Å². The Kier molecular flexibility index (Phi) is 3.74. The van der Waals surface area contributed by atoms with Gasteiger partial charge in [-0.1, -0.05) is 11.3 Å². The molecule has 1 amide bonds. The highest BCUT2D eigenvalue weighted by Gasteiger charge is 2.15. The van der Waals surface area contributed by atoms with Crippen LogP contribution in [-0.4, -0.2) is 41.6 Å². The third-order valence-corrected chi connectivity index (χ3v) is 3.37. The van der Waals surface area contributed by atoms with Crippen molar-refractivity contribution in [3.05, 3.63) is 21.2 Å². The van der Waals surface area contributed by atoms with Gasteiger partial charge >= 0.3 is 4.87 Å². The number of thiazole rings is 1. The Morgan fingerprint density at radius 2 is 2.19 bits per heavy atom. The Hall–Kier alpha value is -1.14. The van der Waals surface area contributed by atoms with Gasteiger partial charge in [0.15, 0.2) is 0 Å². The van der Waals surface area contributed by atoms with E-state index in [2.05, 4.69) is 5.32 Å². The number of carbonyl (C=O) groups excluding carboxylic acids is 1. The zero-order chi connectivity index (χ0) is 11.4. The van der Waals surface area contributed by atoms with Crippen LogP contribution in [0.1, 0.15) is 6.42 Å². The lowest BCUT2D eigenvalue weighted by atomic mass is 10.3. The number of aromatic nitrogens is 1. The van der Waals surface area contributed by atoms with Crippen LogP contribution in [0.2, 0.25) is 0 Å². The molecule has 1 saturated heterocycles. The molecule has 0 saturated carbocycles. The fourth-order valence-electron chi connectivity index (χ4n) is 1.74. The summed E-state index contributed by atoms with van der Waals surface area (Å²) in [6, 6.07) is 0. The molecule has 0 atom stereocenters. The van der Waals surface area contributed by atoms with Gasteiger partial charge in [0.05, 0.1) is 0 Å². The van der Waals surface area contributed by atoms with E-state index in [-0.39, 0.29) is 10.8 Å². The predicted molar refractivity (Wildman–Crippen MR) is 62.6 cm³/mol. The largest absolute Gasteiger partial charge is 0.340 e. The lowest BCUT2D eigenvalue weighted by Gasteiger charge is -2.27. The average Bonchev–Trinajstić information content (AvgIpc) is 2.73. The van der Waals surface area contributed by atoms with Gasteiger partial charge in [-0.2, -0.15) is 0 Å². The highest BCUT2D eigenvalue weighted by molar-refractivity contribution is 7.07. The van der Waals surface area contributed by atoms with Gasteiger partial charge in [-0.25, -0.2) is 0 Å². The van der Waals surface area contributed by atoms with Gasteiger partial charge in [0.1, 0.15) is 0 Å². The van der Waals surface area contributed by atoms with Gasteiger partial charge in [-0.15, -0.1) is 0 Å². The summed E-state index contributed by atoms with van der Waals surface area (Å²) >= 11 is 1.16. The molecule has 0 radical (unpaired) electrons. The SMILES string of the molecule is O=C(CCn1ccsc1=O)N1CCNCC1. The third kappa shape index (κ3) is 2.70. The van der Waals surface area contributed by atoms with Crippen LogP contribution in [0.4, 0.5) is 0 Å². The monoisotopic (exact) mass is 241 g/mol. The van der Waals surface area contributed by atoms with E-state index in [1.807, 2.05) is 4.90 Å². The molecule has 1 aromatic heterocycles. The smallest absolute Gasteiger partial charge is 0.307 e. The zero-order valence-electron chi connectivity index (χ0n) is 9.02. The number of nitrogens with zero attached hydrogens (tertiary/aromatic N) is 2. The summed E-state index contributed by atoms with van der Waals surface area (Å²) in [6.07, 6.45) is 2.15. The second-order valence-corrected chi connectivity index (χ2v) is 4.60. The highest BCUT2D eigenvalue weighted by Crippen LogP contribution is 1.99. The van der Waals surface area contributed by atoms with Gasteiger partial charge in [-0.05, 0) is 0 Å². The molecule has 1 fully saturated rings. The summed E-state index contributed by atoms with van der Waals surface area (Å²) in [4.78, 5) is 24.9. The number of hydrogen-bond acceptors (Lipinski definition) is 4. The first-order chi connectivity index (χ1) is 7.77. The Labute approximate surface area is 97.7 Å². The number of amides is 1. The fourth-order valence-corrected chi connectivity index (χ4v) is 2.36. The van der Waals surface area contributed by atoms with Crippen molar-refractivity contribution in [1.82, 2.24) is 14.8 Å². The Morgan fingerprint density at radius 1 is 1.44 bits per heavy atom. The molecule has 1 aromatic rings. The third-order valence-electron chi connectivity index (χ3n) is 2.68. The van der Waals surface area contributed by atoms with Crippen molar-refractivity contribution in [2.24, 2.45) is 0 Å². The first-order valence-electron chi connectivity index (χ1n) is 5.40. The van der Waals surface area contributed by atoms with Crippen LogP contribution in [-0.2, 0) is 11.3 Å². The number of rotatable bonds is 3. The number of piperazine rings is 1. The van der Waals surface area contributed by atoms with E-state index in [0.717, 1.165) is 37.5 Å². The van der Waals surface area contributed by atoms with Crippen LogP contribution in [0.25, 0.3) is 0 Å². The van der Waals surface area contributed by atoms with Crippen LogP contribution in [0, 0.1) is 0 Å². The Morgan fingerprint density at radius 3 is 2.81 bits per heavy atom. The summed E-state index contributed by atoms with van der Waals surface area (Å²) in [7, 11) is 0. The van der Waals surface area contributed by atoms with E-state index in [1.165, 1.54) is 0 Å². The molecule has 0 spiro atoms. The first kappa shape index (κ1) is 11.3. The van der Waals surface area contributed by atoms with Crippen molar-refractivity contribution >= 4 is 17.2 Å². The minimum absolute atomic E-state index is 0.00751. The van der Waals surface area contributed by atoms with Crippen molar-refractivity contribution in [3.8, 4) is 0 Å². The number of carbonyl (C=O) groups is 1. The molecule has 1 N–H and O–H groups in total. The van der Waals surface area contributed by atoms with Crippen molar-refractivity contribution in [3.63, 3.8) is 0 Å². The minimum Gasteiger partial charge on any atom is -0.340 e. The highest BCUT2D eigenvalue weighted by atomic mass is 32.1. The lowest BCUT2D eigenvalue weighted by Crippen LogP contribution is -2.46. The molecule has 2 heterocycles.